The minimum absolute atomic E-state index is 0.328. The van der Waals surface area contributed by atoms with Crippen molar-refractivity contribution in [2.75, 3.05) is 6.79 Å². The van der Waals surface area contributed by atoms with Crippen molar-refractivity contribution in [3.63, 3.8) is 0 Å². The third-order valence-electron chi connectivity index (χ3n) is 3.52. The van der Waals surface area contributed by atoms with Crippen molar-refractivity contribution >= 4 is 5.57 Å². The fourth-order valence-corrected chi connectivity index (χ4v) is 2.62. The molecule has 2 nitrogen and oxygen atoms in total. The minimum Gasteiger partial charge on any atom is -0.454 e. The van der Waals surface area contributed by atoms with E-state index in [1.54, 1.807) is 0 Å². The molecule has 0 bridgehead atoms. The van der Waals surface area contributed by atoms with E-state index in [1.807, 2.05) is 6.07 Å². The van der Waals surface area contributed by atoms with E-state index in [0.29, 0.717) is 6.79 Å². The quantitative estimate of drug-likeness (QED) is 0.755. The van der Waals surface area contributed by atoms with E-state index < -0.39 is 0 Å². The maximum absolute atomic E-state index is 5.44. The Morgan fingerprint density at radius 1 is 0.889 bits per heavy atom. The van der Waals surface area contributed by atoms with E-state index in [1.165, 1.54) is 22.3 Å². The second kappa shape index (κ2) is 3.64. The Balaban J connectivity index is 1.81. The van der Waals surface area contributed by atoms with Crippen LogP contribution in [0.25, 0.3) is 5.57 Å². The van der Waals surface area contributed by atoms with Crippen molar-refractivity contribution in [2.24, 2.45) is 0 Å². The van der Waals surface area contributed by atoms with E-state index in [-0.39, 0.29) is 0 Å². The second-order valence-corrected chi connectivity index (χ2v) is 4.55. The predicted molar refractivity (Wildman–Crippen MR) is 69.8 cm³/mol. The molecule has 1 aliphatic carbocycles. The zero-order valence-corrected chi connectivity index (χ0v) is 9.85. The summed E-state index contributed by atoms with van der Waals surface area (Å²) < 4.78 is 10.8. The van der Waals surface area contributed by atoms with E-state index in [2.05, 4.69) is 42.5 Å². The number of hydrogen-bond donors (Lipinski definition) is 0. The monoisotopic (exact) mass is 236 g/mol. The maximum atomic E-state index is 5.44. The van der Waals surface area contributed by atoms with Crippen LogP contribution in [0, 0.1) is 0 Å². The number of ether oxygens (including phenoxy) is 2. The molecule has 0 aromatic heterocycles. The van der Waals surface area contributed by atoms with Crippen LogP contribution >= 0.6 is 0 Å². The van der Waals surface area contributed by atoms with Crippen LogP contribution in [-0.2, 0) is 6.42 Å². The molecule has 0 saturated carbocycles. The van der Waals surface area contributed by atoms with E-state index >= 15 is 0 Å². The summed E-state index contributed by atoms with van der Waals surface area (Å²) in [6, 6.07) is 14.7. The van der Waals surface area contributed by atoms with Crippen molar-refractivity contribution < 1.29 is 9.47 Å². The number of benzene rings is 2. The summed E-state index contributed by atoms with van der Waals surface area (Å²) in [5, 5.41) is 0. The Labute approximate surface area is 105 Å². The molecular weight excluding hydrogens is 224 g/mol. The average Bonchev–Trinajstić information content (AvgIpc) is 3.04. The van der Waals surface area contributed by atoms with Crippen LogP contribution in [0.3, 0.4) is 0 Å². The Kier molecular flexibility index (Phi) is 1.97. The molecule has 1 heterocycles. The first-order valence-corrected chi connectivity index (χ1v) is 6.10. The van der Waals surface area contributed by atoms with Gasteiger partial charge in [0, 0.05) is 0 Å². The molecule has 2 aromatic rings. The SMILES string of the molecule is C1=C(c2ccc3c(c2)OCO3)c2ccccc2C1. The molecule has 2 heteroatoms. The molecule has 0 amide bonds. The summed E-state index contributed by atoms with van der Waals surface area (Å²) in [5.74, 6) is 1.68. The Morgan fingerprint density at radius 3 is 2.78 bits per heavy atom. The van der Waals surface area contributed by atoms with Gasteiger partial charge in [0.25, 0.3) is 0 Å². The molecule has 2 aliphatic rings. The topological polar surface area (TPSA) is 18.5 Å². The lowest BCUT2D eigenvalue weighted by Gasteiger charge is -2.07. The van der Waals surface area contributed by atoms with Crippen LogP contribution in [0.4, 0.5) is 0 Å². The van der Waals surface area contributed by atoms with E-state index in [9.17, 15) is 0 Å². The first-order valence-electron chi connectivity index (χ1n) is 6.10. The van der Waals surface area contributed by atoms with Gasteiger partial charge in [0.15, 0.2) is 11.5 Å². The first kappa shape index (κ1) is 9.77. The fourth-order valence-electron chi connectivity index (χ4n) is 2.62. The van der Waals surface area contributed by atoms with Gasteiger partial charge in [-0.3, -0.25) is 0 Å². The summed E-state index contributed by atoms with van der Waals surface area (Å²) in [7, 11) is 0. The molecule has 0 saturated heterocycles. The van der Waals surface area contributed by atoms with Crippen LogP contribution < -0.4 is 9.47 Å². The molecule has 0 atom stereocenters. The van der Waals surface area contributed by atoms with Gasteiger partial charge < -0.3 is 9.47 Å². The molecular formula is C16H12O2. The Bertz CT molecular complexity index is 656. The van der Waals surface area contributed by atoms with Crippen LogP contribution in [-0.4, -0.2) is 6.79 Å². The molecule has 0 spiro atoms. The summed E-state index contributed by atoms with van der Waals surface area (Å²) in [4.78, 5) is 0. The van der Waals surface area contributed by atoms with Crippen molar-refractivity contribution in [3.05, 3.63) is 65.2 Å². The standard InChI is InChI=1S/C16H12O2/c1-2-4-13-11(3-1)5-7-14(13)12-6-8-15-16(9-12)18-10-17-15/h1-4,6-9H,5,10H2. The van der Waals surface area contributed by atoms with Gasteiger partial charge >= 0.3 is 0 Å². The lowest BCUT2D eigenvalue weighted by molar-refractivity contribution is 0.174. The van der Waals surface area contributed by atoms with Crippen molar-refractivity contribution in [3.8, 4) is 11.5 Å². The number of hydrogen-bond acceptors (Lipinski definition) is 2. The van der Waals surface area contributed by atoms with Crippen LogP contribution in [0.15, 0.2) is 48.5 Å². The first-order chi connectivity index (χ1) is 8.92. The zero-order chi connectivity index (χ0) is 11.9. The lowest BCUT2D eigenvalue weighted by Crippen LogP contribution is -1.93. The number of allylic oxidation sites excluding steroid dienone is 1. The van der Waals surface area contributed by atoms with Crippen LogP contribution in [0.5, 0.6) is 11.5 Å². The summed E-state index contributed by atoms with van der Waals surface area (Å²) in [6.45, 7) is 0.328. The number of rotatable bonds is 1. The third-order valence-corrected chi connectivity index (χ3v) is 3.52. The summed E-state index contributed by atoms with van der Waals surface area (Å²) >= 11 is 0. The molecule has 18 heavy (non-hydrogen) atoms. The highest BCUT2D eigenvalue weighted by Crippen LogP contribution is 2.38. The molecule has 0 N–H and O–H groups in total. The molecule has 1 aliphatic heterocycles. The minimum atomic E-state index is 0.328. The highest BCUT2D eigenvalue weighted by Gasteiger charge is 2.18. The fraction of sp³-hybridized carbons (Fsp3) is 0.125. The van der Waals surface area contributed by atoms with Gasteiger partial charge in [-0.05, 0) is 40.8 Å². The van der Waals surface area contributed by atoms with Gasteiger partial charge in [-0.2, -0.15) is 0 Å². The molecule has 4 rings (SSSR count). The lowest BCUT2D eigenvalue weighted by atomic mass is 9.99. The Hall–Kier alpha value is -2.22. The molecule has 88 valence electrons. The maximum Gasteiger partial charge on any atom is 0.231 e. The van der Waals surface area contributed by atoms with Gasteiger partial charge in [-0.1, -0.05) is 36.4 Å². The smallest absolute Gasteiger partial charge is 0.231 e. The molecule has 0 radical (unpaired) electrons. The molecule has 2 aromatic carbocycles. The van der Waals surface area contributed by atoms with Crippen LogP contribution in [0.1, 0.15) is 16.7 Å². The van der Waals surface area contributed by atoms with Gasteiger partial charge in [-0.15, -0.1) is 0 Å². The summed E-state index contributed by atoms with van der Waals surface area (Å²) in [6.07, 6.45) is 3.29. The van der Waals surface area contributed by atoms with Crippen LogP contribution in [0.2, 0.25) is 0 Å². The third kappa shape index (κ3) is 1.35. The predicted octanol–water partition coefficient (Wildman–Crippen LogP) is 3.40. The van der Waals surface area contributed by atoms with Gasteiger partial charge in [-0.25, -0.2) is 0 Å². The van der Waals surface area contributed by atoms with Gasteiger partial charge in [0.2, 0.25) is 6.79 Å². The molecule has 0 unspecified atom stereocenters. The highest BCUT2D eigenvalue weighted by molar-refractivity contribution is 5.85. The van der Waals surface area contributed by atoms with E-state index in [4.69, 9.17) is 9.47 Å². The Morgan fingerprint density at radius 2 is 1.78 bits per heavy atom. The normalized spacial score (nSPS) is 15.4. The van der Waals surface area contributed by atoms with Crippen molar-refractivity contribution in [2.45, 2.75) is 6.42 Å². The number of fused-ring (bicyclic) bond motifs is 2. The van der Waals surface area contributed by atoms with Gasteiger partial charge in [0.05, 0.1) is 0 Å². The zero-order valence-electron chi connectivity index (χ0n) is 9.85. The average molecular weight is 236 g/mol. The van der Waals surface area contributed by atoms with E-state index in [0.717, 1.165) is 17.9 Å². The summed E-state index contributed by atoms with van der Waals surface area (Å²) in [5.41, 5.74) is 5.22. The second-order valence-electron chi connectivity index (χ2n) is 4.55. The molecule has 0 fully saturated rings. The van der Waals surface area contributed by atoms with Crippen molar-refractivity contribution in [1.29, 1.82) is 0 Å². The van der Waals surface area contributed by atoms with Gasteiger partial charge in [0.1, 0.15) is 0 Å². The largest absolute Gasteiger partial charge is 0.454 e. The highest BCUT2D eigenvalue weighted by atomic mass is 16.7. The van der Waals surface area contributed by atoms with Crippen molar-refractivity contribution in [1.82, 2.24) is 0 Å².